The highest BCUT2D eigenvalue weighted by Gasteiger charge is 2.21. The summed E-state index contributed by atoms with van der Waals surface area (Å²) < 4.78 is 0. The van der Waals surface area contributed by atoms with E-state index >= 15 is 0 Å². The summed E-state index contributed by atoms with van der Waals surface area (Å²) in [4.78, 5) is 16.1. The molecule has 10 rings (SSSR count). The van der Waals surface area contributed by atoms with Crippen molar-refractivity contribution in [3.8, 4) is 67.5 Å². The van der Waals surface area contributed by atoms with Gasteiger partial charge in [-0.2, -0.15) is 0 Å². The third-order valence-corrected chi connectivity index (χ3v) is 10.4. The largest absolute Gasteiger partial charge is 0.208 e. The van der Waals surface area contributed by atoms with Gasteiger partial charge in [-0.1, -0.05) is 194 Å². The third kappa shape index (κ3) is 5.60. The van der Waals surface area contributed by atoms with Crippen LogP contribution in [0.15, 0.2) is 200 Å². The number of fused-ring (bicyclic) bond motifs is 4. The van der Waals surface area contributed by atoms with Gasteiger partial charge in [-0.05, 0) is 71.8 Å². The molecular weight excluding hydrogens is 655 g/mol. The standard InChI is InChI=1S/C51H33N3/c1-3-15-34(16-4-1)35-27-29-38(30-28-35)41-22-12-14-26-46(41)50-52-49(45-25-13-11-21-40(45)36-17-5-2-6-18-36)53-51(54-50)48-43-24-10-8-20-39(43)33-47-42-23-9-7-19-37(42)31-32-44(47)48/h1-33H. The van der Waals surface area contributed by atoms with Crippen LogP contribution < -0.4 is 0 Å². The molecule has 3 nitrogen and oxygen atoms in total. The average Bonchev–Trinajstić information content (AvgIpc) is 3.26. The van der Waals surface area contributed by atoms with Gasteiger partial charge >= 0.3 is 0 Å². The molecule has 10 aromatic rings. The Morgan fingerprint density at radius 1 is 0.241 bits per heavy atom. The minimum atomic E-state index is 0.627. The van der Waals surface area contributed by atoms with E-state index in [0.29, 0.717) is 17.5 Å². The molecule has 252 valence electrons. The molecule has 0 atom stereocenters. The zero-order valence-electron chi connectivity index (χ0n) is 29.4. The molecule has 0 fully saturated rings. The maximum absolute atomic E-state index is 5.41. The Morgan fingerprint density at radius 3 is 1.33 bits per heavy atom. The number of aromatic nitrogens is 3. The van der Waals surface area contributed by atoms with Crippen molar-refractivity contribution in [2.45, 2.75) is 0 Å². The van der Waals surface area contributed by atoms with Crippen LogP contribution in [0.5, 0.6) is 0 Å². The van der Waals surface area contributed by atoms with E-state index in [9.17, 15) is 0 Å². The zero-order valence-corrected chi connectivity index (χ0v) is 29.4. The van der Waals surface area contributed by atoms with E-state index in [2.05, 4.69) is 188 Å². The van der Waals surface area contributed by atoms with Gasteiger partial charge in [0.1, 0.15) is 0 Å². The minimum Gasteiger partial charge on any atom is -0.208 e. The minimum absolute atomic E-state index is 0.627. The molecule has 0 aliphatic heterocycles. The van der Waals surface area contributed by atoms with Gasteiger partial charge in [-0.3, -0.25) is 0 Å². The van der Waals surface area contributed by atoms with Crippen molar-refractivity contribution in [2.24, 2.45) is 0 Å². The molecule has 0 bridgehead atoms. The fourth-order valence-electron chi connectivity index (χ4n) is 7.74. The molecule has 0 spiro atoms. The summed E-state index contributed by atoms with van der Waals surface area (Å²) in [5.41, 5.74) is 9.60. The van der Waals surface area contributed by atoms with Crippen LogP contribution in [0.2, 0.25) is 0 Å². The summed E-state index contributed by atoms with van der Waals surface area (Å²) in [5.74, 6) is 1.90. The number of benzene rings is 9. The van der Waals surface area contributed by atoms with Crippen LogP contribution in [0.3, 0.4) is 0 Å². The van der Waals surface area contributed by atoms with E-state index in [4.69, 9.17) is 15.0 Å². The Balaban J connectivity index is 1.24. The van der Waals surface area contributed by atoms with Crippen molar-refractivity contribution in [2.75, 3.05) is 0 Å². The Kier molecular flexibility index (Phi) is 7.81. The Bertz CT molecular complexity index is 2970. The topological polar surface area (TPSA) is 38.7 Å². The summed E-state index contributed by atoms with van der Waals surface area (Å²) in [5, 5.41) is 6.93. The molecule has 0 aliphatic carbocycles. The molecule has 1 heterocycles. The highest BCUT2D eigenvalue weighted by atomic mass is 15.0. The maximum Gasteiger partial charge on any atom is 0.165 e. The first-order valence-electron chi connectivity index (χ1n) is 18.3. The third-order valence-electron chi connectivity index (χ3n) is 10.4. The van der Waals surface area contributed by atoms with Crippen LogP contribution in [0.1, 0.15) is 0 Å². The fraction of sp³-hybridized carbons (Fsp3) is 0. The second kappa shape index (κ2) is 13.4. The smallest absolute Gasteiger partial charge is 0.165 e. The van der Waals surface area contributed by atoms with Gasteiger partial charge in [0, 0.05) is 16.7 Å². The average molecular weight is 688 g/mol. The Labute approximate surface area is 313 Å². The molecule has 0 radical (unpaired) electrons. The zero-order chi connectivity index (χ0) is 35.8. The van der Waals surface area contributed by atoms with Gasteiger partial charge in [0.2, 0.25) is 0 Å². The van der Waals surface area contributed by atoms with Gasteiger partial charge in [-0.25, -0.2) is 15.0 Å². The van der Waals surface area contributed by atoms with Crippen LogP contribution in [-0.4, -0.2) is 15.0 Å². The molecule has 54 heavy (non-hydrogen) atoms. The van der Waals surface area contributed by atoms with E-state index in [1.165, 1.54) is 27.3 Å². The van der Waals surface area contributed by atoms with Crippen molar-refractivity contribution >= 4 is 32.3 Å². The van der Waals surface area contributed by atoms with Crippen LogP contribution in [0.25, 0.3) is 99.9 Å². The van der Waals surface area contributed by atoms with Gasteiger partial charge in [0.25, 0.3) is 0 Å². The lowest BCUT2D eigenvalue weighted by molar-refractivity contribution is 1.08. The van der Waals surface area contributed by atoms with Crippen molar-refractivity contribution < 1.29 is 0 Å². The van der Waals surface area contributed by atoms with E-state index in [1.54, 1.807) is 0 Å². The molecule has 0 saturated carbocycles. The predicted octanol–water partition coefficient (Wildman–Crippen LogP) is 13.3. The summed E-state index contributed by atoms with van der Waals surface area (Å²) >= 11 is 0. The van der Waals surface area contributed by atoms with Crippen molar-refractivity contribution in [1.82, 2.24) is 15.0 Å². The quantitative estimate of drug-likeness (QED) is 0.129. The lowest BCUT2D eigenvalue weighted by atomic mass is 9.92. The summed E-state index contributed by atoms with van der Waals surface area (Å²) in [7, 11) is 0. The van der Waals surface area contributed by atoms with E-state index in [0.717, 1.165) is 55.1 Å². The first kappa shape index (κ1) is 31.5. The fourth-order valence-corrected chi connectivity index (χ4v) is 7.74. The molecular formula is C51H33N3. The van der Waals surface area contributed by atoms with Gasteiger partial charge in [-0.15, -0.1) is 0 Å². The number of hydrogen-bond acceptors (Lipinski definition) is 3. The molecule has 0 aliphatic rings. The molecule has 3 heteroatoms. The number of hydrogen-bond donors (Lipinski definition) is 0. The Morgan fingerprint density at radius 2 is 0.685 bits per heavy atom. The summed E-state index contributed by atoms with van der Waals surface area (Å²) in [6.07, 6.45) is 0. The van der Waals surface area contributed by atoms with Crippen molar-refractivity contribution in [3.63, 3.8) is 0 Å². The predicted molar refractivity (Wildman–Crippen MR) is 225 cm³/mol. The van der Waals surface area contributed by atoms with Gasteiger partial charge in [0.15, 0.2) is 17.5 Å². The van der Waals surface area contributed by atoms with Crippen LogP contribution in [0.4, 0.5) is 0 Å². The summed E-state index contributed by atoms with van der Waals surface area (Å²) in [6, 6.07) is 70.4. The number of rotatable bonds is 6. The Hall–Kier alpha value is -7.23. The molecule has 0 unspecified atom stereocenters. The van der Waals surface area contributed by atoms with Crippen LogP contribution >= 0.6 is 0 Å². The van der Waals surface area contributed by atoms with Crippen molar-refractivity contribution in [1.29, 1.82) is 0 Å². The van der Waals surface area contributed by atoms with Gasteiger partial charge in [0.05, 0.1) is 0 Å². The molecule has 0 N–H and O–H groups in total. The highest BCUT2D eigenvalue weighted by molar-refractivity contribution is 6.19. The SMILES string of the molecule is c1ccc(-c2ccc(-c3ccccc3-c3nc(-c4ccccc4-c4ccccc4)nc(-c4c5ccccc5cc5c4ccc4ccccc45)n3)cc2)cc1. The second-order valence-electron chi connectivity index (χ2n) is 13.6. The second-order valence-corrected chi connectivity index (χ2v) is 13.6. The molecule has 9 aromatic carbocycles. The summed E-state index contributed by atoms with van der Waals surface area (Å²) in [6.45, 7) is 0. The van der Waals surface area contributed by atoms with E-state index in [-0.39, 0.29) is 0 Å². The number of nitrogens with zero attached hydrogens (tertiary/aromatic N) is 3. The molecule has 0 amide bonds. The van der Waals surface area contributed by atoms with Gasteiger partial charge < -0.3 is 0 Å². The molecule has 1 aromatic heterocycles. The van der Waals surface area contributed by atoms with Crippen molar-refractivity contribution in [3.05, 3.63) is 200 Å². The first-order chi connectivity index (χ1) is 26.8. The monoisotopic (exact) mass is 687 g/mol. The van der Waals surface area contributed by atoms with E-state index in [1.807, 2.05) is 12.1 Å². The van der Waals surface area contributed by atoms with E-state index < -0.39 is 0 Å². The normalized spacial score (nSPS) is 11.3. The first-order valence-corrected chi connectivity index (χ1v) is 18.3. The lowest BCUT2D eigenvalue weighted by Crippen LogP contribution is -2.03. The van der Waals surface area contributed by atoms with Crippen LogP contribution in [0, 0.1) is 0 Å². The maximum atomic E-state index is 5.41. The van der Waals surface area contributed by atoms with Crippen LogP contribution in [-0.2, 0) is 0 Å². The molecule has 0 saturated heterocycles. The highest BCUT2D eigenvalue weighted by Crippen LogP contribution is 2.41. The lowest BCUT2D eigenvalue weighted by Gasteiger charge is -2.16.